The van der Waals surface area contributed by atoms with Crippen molar-refractivity contribution in [1.82, 2.24) is 0 Å². The summed E-state index contributed by atoms with van der Waals surface area (Å²) in [7, 11) is 0. The van der Waals surface area contributed by atoms with Crippen LogP contribution in [0, 0.1) is 19.3 Å². The summed E-state index contributed by atoms with van der Waals surface area (Å²) in [4.78, 5) is 11.0. The number of benzene rings is 1. The molecular weight excluding hydrogens is 224 g/mol. The maximum absolute atomic E-state index is 11.0. The number of aryl methyl sites for hydroxylation is 2. The van der Waals surface area contributed by atoms with Crippen molar-refractivity contribution < 1.29 is 4.79 Å². The fourth-order valence-electron chi connectivity index (χ4n) is 2.49. The fraction of sp³-hybridized carbons (Fsp3) is 0.533. The van der Waals surface area contributed by atoms with E-state index in [0.29, 0.717) is 6.42 Å². The summed E-state index contributed by atoms with van der Waals surface area (Å²) >= 11 is 0. The second-order valence-electron chi connectivity index (χ2n) is 5.98. The standard InChI is InChI=1S/C15H24N2O/c1-10-5-6-12(11(2)7-10)13(16)8-15(3,4)9-14(17)18/h5-7,13H,8-9,16H2,1-4H3,(H2,17,18). The number of hydrogen-bond donors (Lipinski definition) is 2. The molecular formula is C15H24N2O. The molecule has 0 saturated carbocycles. The zero-order chi connectivity index (χ0) is 13.9. The van der Waals surface area contributed by atoms with Gasteiger partial charge in [-0.2, -0.15) is 0 Å². The number of hydrogen-bond acceptors (Lipinski definition) is 2. The van der Waals surface area contributed by atoms with E-state index in [1.54, 1.807) is 0 Å². The first-order valence-electron chi connectivity index (χ1n) is 6.32. The maximum atomic E-state index is 11.0. The molecule has 3 heteroatoms. The number of carbonyl (C=O) groups excluding carboxylic acids is 1. The minimum atomic E-state index is -0.271. The van der Waals surface area contributed by atoms with E-state index in [-0.39, 0.29) is 17.4 Å². The normalized spacial score (nSPS) is 13.4. The SMILES string of the molecule is Cc1ccc(C(N)CC(C)(C)CC(N)=O)c(C)c1. The lowest BCUT2D eigenvalue weighted by molar-refractivity contribution is -0.120. The molecule has 0 aliphatic rings. The van der Waals surface area contributed by atoms with Gasteiger partial charge < -0.3 is 11.5 Å². The van der Waals surface area contributed by atoms with Gasteiger partial charge in [0.2, 0.25) is 5.91 Å². The van der Waals surface area contributed by atoms with Gasteiger partial charge >= 0.3 is 0 Å². The Hall–Kier alpha value is -1.35. The Labute approximate surface area is 110 Å². The van der Waals surface area contributed by atoms with Crippen LogP contribution in [0.4, 0.5) is 0 Å². The number of primary amides is 1. The molecule has 0 heterocycles. The second-order valence-corrected chi connectivity index (χ2v) is 5.98. The zero-order valence-corrected chi connectivity index (χ0v) is 11.8. The molecule has 0 saturated heterocycles. The highest BCUT2D eigenvalue weighted by Gasteiger charge is 2.25. The monoisotopic (exact) mass is 248 g/mol. The van der Waals surface area contributed by atoms with Crippen LogP contribution in [0.15, 0.2) is 18.2 Å². The first kappa shape index (κ1) is 14.7. The molecule has 1 atom stereocenters. The smallest absolute Gasteiger partial charge is 0.217 e. The first-order valence-corrected chi connectivity index (χ1v) is 6.32. The van der Waals surface area contributed by atoms with E-state index < -0.39 is 0 Å². The molecule has 0 fully saturated rings. The summed E-state index contributed by atoms with van der Waals surface area (Å²) in [5, 5.41) is 0. The number of nitrogens with two attached hydrogens (primary N) is 2. The van der Waals surface area contributed by atoms with Crippen molar-refractivity contribution in [1.29, 1.82) is 0 Å². The van der Waals surface area contributed by atoms with Crippen molar-refractivity contribution in [3.63, 3.8) is 0 Å². The third-order valence-electron chi connectivity index (χ3n) is 3.25. The van der Waals surface area contributed by atoms with E-state index in [0.717, 1.165) is 12.0 Å². The average molecular weight is 248 g/mol. The number of rotatable bonds is 5. The molecule has 0 aliphatic heterocycles. The Morgan fingerprint density at radius 1 is 1.33 bits per heavy atom. The molecule has 1 amide bonds. The van der Waals surface area contributed by atoms with Gasteiger partial charge in [0.15, 0.2) is 0 Å². The predicted octanol–water partition coefficient (Wildman–Crippen LogP) is 2.59. The lowest BCUT2D eigenvalue weighted by Gasteiger charge is -2.27. The molecule has 3 nitrogen and oxygen atoms in total. The molecule has 1 unspecified atom stereocenters. The third-order valence-corrected chi connectivity index (χ3v) is 3.25. The molecule has 1 rings (SSSR count). The van der Waals surface area contributed by atoms with Crippen LogP contribution in [-0.2, 0) is 4.79 Å². The van der Waals surface area contributed by atoms with Crippen LogP contribution in [0.2, 0.25) is 0 Å². The van der Waals surface area contributed by atoms with Gasteiger partial charge in [-0.25, -0.2) is 0 Å². The Bertz CT molecular complexity index is 438. The van der Waals surface area contributed by atoms with Crippen molar-refractivity contribution >= 4 is 5.91 Å². The van der Waals surface area contributed by atoms with Crippen molar-refractivity contribution in [3.05, 3.63) is 34.9 Å². The zero-order valence-electron chi connectivity index (χ0n) is 11.8. The third kappa shape index (κ3) is 4.15. The Balaban J connectivity index is 2.81. The van der Waals surface area contributed by atoms with Gasteiger partial charge in [0.25, 0.3) is 0 Å². The summed E-state index contributed by atoms with van der Waals surface area (Å²) in [6.07, 6.45) is 1.12. The Morgan fingerprint density at radius 3 is 2.44 bits per heavy atom. The summed E-state index contributed by atoms with van der Waals surface area (Å²) in [6.45, 7) is 8.20. The summed E-state index contributed by atoms with van der Waals surface area (Å²) < 4.78 is 0. The summed E-state index contributed by atoms with van der Waals surface area (Å²) in [5.41, 5.74) is 14.9. The molecule has 0 bridgehead atoms. The van der Waals surface area contributed by atoms with Crippen LogP contribution in [0.1, 0.15) is 49.4 Å². The maximum Gasteiger partial charge on any atom is 0.217 e. The van der Waals surface area contributed by atoms with E-state index in [1.165, 1.54) is 11.1 Å². The van der Waals surface area contributed by atoms with E-state index in [1.807, 2.05) is 13.8 Å². The van der Waals surface area contributed by atoms with E-state index in [4.69, 9.17) is 11.5 Å². The molecule has 4 N–H and O–H groups in total. The van der Waals surface area contributed by atoms with Crippen LogP contribution in [0.25, 0.3) is 0 Å². The van der Waals surface area contributed by atoms with Crippen LogP contribution >= 0.6 is 0 Å². The van der Waals surface area contributed by atoms with Crippen molar-refractivity contribution in [2.45, 2.75) is 46.6 Å². The molecule has 1 aromatic rings. The highest BCUT2D eigenvalue weighted by molar-refractivity contribution is 5.74. The molecule has 0 spiro atoms. The first-order chi connectivity index (χ1) is 8.21. The van der Waals surface area contributed by atoms with Crippen LogP contribution in [0.3, 0.4) is 0 Å². The molecule has 0 aliphatic carbocycles. The van der Waals surface area contributed by atoms with Gasteiger partial charge in [0.1, 0.15) is 0 Å². The Kier molecular flexibility index (Phi) is 4.52. The second kappa shape index (κ2) is 5.53. The average Bonchev–Trinajstić information content (AvgIpc) is 2.13. The van der Waals surface area contributed by atoms with Crippen LogP contribution < -0.4 is 11.5 Å². The minimum Gasteiger partial charge on any atom is -0.370 e. The lowest BCUT2D eigenvalue weighted by Crippen LogP contribution is -2.27. The van der Waals surface area contributed by atoms with E-state index >= 15 is 0 Å². The van der Waals surface area contributed by atoms with Crippen LogP contribution in [0.5, 0.6) is 0 Å². The van der Waals surface area contributed by atoms with Gasteiger partial charge in [-0.1, -0.05) is 37.6 Å². The molecule has 0 radical (unpaired) electrons. The summed E-state index contributed by atoms with van der Waals surface area (Å²) in [5.74, 6) is -0.271. The number of amides is 1. The van der Waals surface area contributed by atoms with Gasteiger partial charge in [0.05, 0.1) is 0 Å². The quantitative estimate of drug-likeness (QED) is 0.841. The van der Waals surface area contributed by atoms with Gasteiger partial charge in [-0.3, -0.25) is 4.79 Å². The predicted molar refractivity (Wildman–Crippen MR) is 75.1 cm³/mol. The largest absolute Gasteiger partial charge is 0.370 e. The van der Waals surface area contributed by atoms with Crippen molar-refractivity contribution in [2.24, 2.45) is 16.9 Å². The van der Waals surface area contributed by atoms with Crippen molar-refractivity contribution in [3.8, 4) is 0 Å². The molecule has 1 aromatic carbocycles. The fourth-order valence-corrected chi connectivity index (χ4v) is 2.49. The molecule has 18 heavy (non-hydrogen) atoms. The highest BCUT2D eigenvalue weighted by atomic mass is 16.1. The number of carbonyl (C=O) groups is 1. The highest BCUT2D eigenvalue weighted by Crippen LogP contribution is 2.32. The van der Waals surface area contributed by atoms with E-state index in [9.17, 15) is 4.79 Å². The summed E-state index contributed by atoms with van der Waals surface area (Å²) in [6, 6.07) is 6.23. The van der Waals surface area contributed by atoms with E-state index in [2.05, 4.69) is 32.0 Å². The van der Waals surface area contributed by atoms with Crippen LogP contribution in [-0.4, -0.2) is 5.91 Å². The Morgan fingerprint density at radius 2 is 1.94 bits per heavy atom. The van der Waals surface area contributed by atoms with Gasteiger partial charge in [-0.15, -0.1) is 0 Å². The van der Waals surface area contributed by atoms with Gasteiger partial charge in [0, 0.05) is 12.5 Å². The lowest BCUT2D eigenvalue weighted by atomic mass is 9.80. The van der Waals surface area contributed by atoms with Crippen molar-refractivity contribution in [2.75, 3.05) is 0 Å². The molecule has 0 aromatic heterocycles. The minimum absolute atomic E-state index is 0.0556. The van der Waals surface area contributed by atoms with Gasteiger partial charge in [-0.05, 0) is 36.8 Å². The molecule has 100 valence electrons. The topological polar surface area (TPSA) is 69.1 Å².